The van der Waals surface area contributed by atoms with Gasteiger partial charge in [-0.1, -0.05) is 61.5 Å². The molecule has 0 atom stereocenters. The molecule has 1 aromatic carbocycles. The first-order chi connectivity index (χ1) is 11.2. The van der Waals surface area contributed by atoms with Crippen LogP contribution >= 0.6 is 0 Å². The van der Waals surface area contributed by atoms with Crippen LogP contribution in [0.3, 0.4) is 0 Å². The monoisotopic (exact) mass is 346 g/mol. The van der Waals surface area contributed by atoms with Crippen LogP contribution in [0.4, 0.5) is 0 Å². The largest absolute Gasteiger partial charge is 0.488 e. The van der Waals surface area contributed by atoms with Gasteiger partial charge in [-0.3, -0.25) is 0 Å². The van der Waals surface area contributed by atoms with Crippen LogP contribution in [-0.4, -0.2) is 5.60 Å². The molecule has 0 aliphatic carbocycles. The molecule has 0 N–H and O–H groups in total. The van der Waals surface area contributed by atoms with Gasteiger partial charge in [0.25, 0.3) is 0 Å². The molecule has 0 saturated heterocycles. The first kappa shape index (κ1) is 22.1. The second kappa shape index (κ2) is 7.72. The molecular weight excluding hydrogens is 304 g/mol. The van der Waals surface area contributed by atoms with E-state index in [1.165, 1.54) is 28.0 Å². The summed E-state index contributed by atoms with van der Waals surface area (Å²) in [6, 6.07) is 2.46. The number of aryl methyl sites for hydroxylation is 2. The standard InChI is InChI=1S/C24H42O/c1-12-17-14-18(13-2)20(16-23(6,7)8)21(25-24(9,10)11)19(17)15-22(3,4)5/h14H,12-13,15-16H2,1-11H3. The van der Waals surface area contributed by atoms with Gasteiger partial charge in [0.2, 0.25) is 0 Å². The minimum Gasteiger partial charge on any atom is -0.488 e. The number of hydrogen-bond donors (Lipinski definition) is 0. The molecule has 0 fully saturated rings. The van der Waals surface area contributed by atoms with Crippen LogP contribution in [0.2, 0.25) is 0 Å². The Morgan fingerprint density at radius 3 is 1.28 bits per heavy atom. The Balaban J connectivity index is 3.73. The summed E-state index contributed by atoms with van der Waals surface area (Å²) < 4.78 is 6.64. The molecule has 1 aromatic rings. The molecule has 0 amide bonds. The minimum absolute atomic E-state index is 0.184. The molecule has 0 heterocycles. The molecule has 144 valence electrons. The first-order valence-electron chi connectivity index (χ1n) is 10.0. The summed E-state index contributed by atoms with van der Waals surface area (Å²) in [4.78, 5) is 0. The van der Waals surface area contributed by atoms with Crippen molar-refractivity contribution in [3.8, 4) is 5.75 Å². The van der Waals surface area contributed by atoms with Gasteiger partial charge in [-0.15, -0.1) is 0 Å². The summed E-state index contributed by atoms with van der Waals surface area (Å²) >= 11 is 0. The lowest BCUT2D eigenvalue weighted by Gasteiger charge is -2.32. The summed E-state index contributed by atoms with van der Waals surface area (Å²) in [7, 11) is 0. The van der Waals surface area contributed by atoms with E-state index >= 15 is 0 Å². The lowest BCUT2D eigenvalue weighted by Crippen LogP contribution is -2.27. The summed E-state index contributed by atoms with van der Waals surface area (Å²) in [6.07, 6.45) is 4.24. The van der Waals surface area contributed by atoms with Crippen LogP contribution in [-0.2, 0) is 25.7 Å². The molecule has 25 heavy (non-hydrogen) atoms. The van der Waals surface area contributed by atoms with Crippen LogP contribution in [0, 0.1) is 10.8 Å². The maximum absolute atomic E-state index is 6.64. The van der Waals surface area contributed by atoms with Crippen LogP contribution in [0.1, 0.15) is 98.4 Å². The molecule has 0 spiro atoms. The fourth-order valence-electron chi connectivity index (χ4n) is 3.37. The fourth-order valence-corrected chi connectivity index (χ4v) is 3.37. The highest BCUT2D eigenvalue weighted by Crippen LogP contribution is 2.40. The predicted octanol–water partition coefficient (Wildman–Crippen LogP) is 7.17. The maximum atomic E-state index is 6.64. The molecule has 0 aliphatic heterocycles. The van der Waals surface area contributed by atoms with Crippen molar-refractivity contribution in [2.45, 2.75) is 107 Å². The summed E-state index contributed by atoms with van der Waals surface area (Å²) in [5, 5.41) is 0. The summed E-state index contributed by atoms with van der Waals surface area (Å²) in [5.74, 6) is 1.17. The van der Waals surface area contributed by atoms with E-state index in [4.69, 9.17) is 4.74 Å². The molecule has 1 nitrogen and oxygen atoms in total. The van der Waals surface area contributed by atoms with Crippen molar-refractivity contribution in [3.63, 3.8) is 0 Å². The van der Waals surface area contributed by atoms with Crippen LogP contribution in [0.5, 0.6) is 5.75 Å². The number of rotatable bonds is 5. The third-order valence-corrected chi connectivity index (χ3v) is 4.26. The second-order valence-corrected chi connectivity index (χ2v) is 10.9. The van der Waals surface area contributed by atoms with Gasteiger partial charge < -0.3 is 4.74 Å². The van der Waals surface area contributed by atoms with Gasteiger partial charge in [0.1, 0.15) is 11.4 Å². The molecule has 0 aliphatic rings. The predicted molar refractivity (Wildman–Crippen MR) is 112 cm³/mol. The zero-order valence-corrected chi connectivity index (χ0v) is 18.8. The first-order valence-corrected chi connectivity index (χ1v) is 10.0. The topological polar surface area (TPSA) is 9.23 Å². The normalized spacial score (nSPS) is 13.2. The zero-order valence-electron chi connectivity index (χ0n) is 18.8. The van der Waals surface area contributed by atoms with E-state index in [-0.39, 0.29) is 16.4 Å². The molecule has 0 aromatic heterocycles. The van der Waals surface area contributed by atoms with Gasteiger partial charge in [-0.2, -0.15) is 0 Å². The highest BCUT2D eigenvalue weighted by Gasteiger charge is 2.27. The average Bonchev–Trinajstić information content (AvgIpc) is 2.38. The van der Waals surface area contributed by atoms with E-state index in [2.05, 4.69) is 82.2 Å². The highest BCUT2D eigenvalue weighted by molar-refractivity contribution is 5.52. The van der Waals surface area contributed by atoms with Gasteiger partial charge in [0, 0.05) is 0 Å². The van der Waals surface area contributed by atoms with E-state index in [9.17, 15) is 0 Å². The average molecular weight is 347 g/mol. The Hall–Kier alpha value is -0.980. The van der Waals surface area contributed by atoms with E-state index in [1.54, 1.807) is 0 Å². The Bertz CT molecular complexity index is 532. The van der Waals surface area contributed by atoms with E-state index in [0.717, 1.165) is 25.7 Å². The van der Waals surface area contributed by atoms with Gasteiger partial charge in [-0.05, 0) is 79.5 Å². The van der Waals surface area contributed by atoms with Crippen LogP contribution in [0.15, 0.2) is 6.07 Å². The molecule has 0 saturated carbocycles. The number of ether oxygens (including phenoxy) is 1. The van der Waals surface area contributed by atoms with Crippen LogP contribution < -0.4 is 4.74 Å². The Morgan fingerprint density at radius 2 is 1.04 bits per heavy atom. The lowest BCUT2D eigenvalue weighted by molar-refractivity contribution is 0.125. The van der Waals surface area contributed by atoms with Crippen molar-refractivity contribution in [2.75, 3.05) is 0 Å². The quantitative estimate of drug-likeness (QED) is 0.549. The van der Waals surface area contributed by atoms with E-state index in [1.807, 2.05) is 0 Å². The van der Waals surface area contributed by atoms with Gasteiger partial charge in [0.15, 0.2) is 0 Å². The molecule has 0 bridgehead atoms. The Kier molecular flexibility index (Phi) is 6.81. The summed E-state index contributed by atoms with van der Waals surface area (Å²) in [5.41, 5.74) is 6.09. The highest BCUT2D eigenvalue weighted by atomic mass is 16.5. The molecular formula is C24H42O. The molecule has 0 radical (unpaired) electrons. The molecule has 1 rings (SSSR count). The van der Waals surface area contributed by atoms with Gasteiger partial charge in [-0.25, -0.2) is 0 Å². The second-order valence-electron chi connectivity index (χ2n) is 10.9. The summed E-state index contributed by atoms with van der Waals surface area (Å²) in [6.45, 7) is 25.0. The smallest absolute Gasteiger partial charge is 0.127 e. The van der Waals surface area contributed by atoms with Gasteiger partial charge >= 0.3 is 0 Å². The minimum atomic E-state index is -0.184. The van der Waals surface area contributed by atoms with E-state index < -0.39 is 0 Å². The maximum Gasteiger partial charge on any atom is 0.127 e. The third-order valence-electron chi connectivity index (χ3n) is 4.26. The van der Waals surface area contributed by atoms with Crippen molar-refractivity contribution in [2.24, 2.45) is 10.8 Å². The lowest BCUT2D eigenvalue weighted by atomic mass is 9.79. The van der Waals surface area contributed by atoms with Crippen molar-refractivity contribution in [3.05, 3.63) is 28.3 Å². The Labute approximate surface area is 157 Å². The van der Waals surface area contributed by atoms with Crippen molar-refractivity contribution in [1.82, 2.24) is 0 Å². The SMILES string of the molecule is CCc1cc(CC)c(CC(C)(C)C)c(OC(C)(C)C)c1CC(C)(C)C. The fraction of sp³-hybridized carbons (Fsp3) is 0.750. The number of benzene rings is 1. The molecule has 1 heteroatoms. The van der Waals surface area contributed by atoms with Crippen molar-refractivity contribution >= 4 is 0 Å². The van der Waals surface area contributed by atoms with Crippen molar-refractivity contribution in [1.29, 1.82) is 0 Å². The van der Waals surface area contributed by atoms with Crippen LogP contribution in [0.25, 0.3) is 0 Å². The van der Waals surface area contributed by atoms with E-state index in [0.29, 0.717) is 0 Å². The number of hydrogen-bond acceptors (Lipinski definition) is 1. The van der Waals surface area contributed by atoms with Gasteiger partial charge in [0.05, 0.1) is 0 Å². The molecule has 0 unspecified atom stereocenters. The van der Waals surface area contributed by atoms with Crippen molar-refractivity contribution < 1.29 is 4.74 Å². The third kappa shape index (κ3) is 7.04. The zero-order chi connectivity index (χ0) is 19.6. The Morgan fingerprint density at radius 1 is 0.680 bits per heavy atom.